The first-order chi connectivity index (χ1) is 10.8. The predicted molar refractivity (Wildman–Crippen MR) is 92.4 cm³/mol. The van der Waals surface area contributed by atoms with E-state index in [4.69, 9.17) is 5.73 Å². The zero-order chi connectivity index (χ0) is 16.6. The molecule has 1 heterocycles. The van der Waals surface area contributed by atoms with Gasteiger partial charge in [-0.05, 0) is 61.2 Å². The molecule has 2 saturated carbocycles. The first-order valence-electron chi connectivity index (χ1n) is 9.51. The molecular weight excluding hydrogens is 284 g/mol. The molecule has 23 heavy (non-hydrogen) atoms. The van der Waals surface area contributed by atoms with Crippen molar-refractivity contribution in [2.75, 3.05) is 7.05 Å². The molecule has 1 saturated heterocycles. The van der Waals surface area contributed by atoms with E-state index in [1.165, 1.54) is 25.7 Å². The molecule has 1 aliphatic heterocycles. The molecule has 3 nitrogen and oxygen atoms in total. The smallest absolute Gasteiger partial charge is 0.222 e. The third kappa shape index (κ3) is 1.85. The molecule has 128 valence electrons. The zero-order valence-corrected chi connectivity index (χ0v) is 15.1. The molecule has 0 bridgehead atoms. The third-order valence-electron chi connectivity index (χ3n) is 8.57. The molecule has 2 N–H and O–H groups in total. The van der Waals surface area contributed by atoms with Crippen molar-refractivity contribution in [3.63, 3.8) is 0 Å². The lowest BCUT2D eigenvalue weighted by Crippen LogP contribution is -2.63. The van der Waals surface area contributed by atoms with Crippen LogP contribution in [0.15, 0.2) is 11.8 Å². The Morgan fingerprint density at radius 3 is 2.74 bits per heavy atom. The Kier molecular flexibility index (Phi) is 3.22. The summed E-state index contributed by atoms with van der Waals surface area (Å²) in [6.07, 6.45) is 8.99. The summed E-state index contributed by atoms with van der Waals surface area (Å²) in [5, 5.41) is 0. The number of carbonyl (C=O) groups is 1. The van der Waals surface area contributed by atoms with Gasteiger partial charge in [0, 0.05) is 30.6 Å². The van der Waals surface area contributed by atoms with E-state index in [1.807, 2.05) is 7.05 Å². The Bertz CT molecular complexity index is 570. The van der Waals surface area contributed by atoms with Gasteiger partial charge in [0.1, 0.15) is 0 Å². The number of likely N-dealkylation sites (tertiary alicyclic amines) is 1. The molecule has 3 aliphatic carbocycles. The molecule has 7 atom stereocenters. The molecular formula is C20H32N2O. The van der Waals surface area contributed by atoms with Gasteiger partial charge in [0.15, 0.2) is 0 Å². The Labute approximate surface area is 140 Å². The van der Waals surface area contributed by atoms with Gasteiger partial charge in [-0.3, -0.25) is 4.79 Å². The highest BCUT2D eigenvalue weighted by Gasteiger charge is 2.61. The first kappa shape index (κ1) is 15.5. The minimum Gasteiger partial charge on any atom is -0.402 e. The van der Waals surface area contributed by atoms with Gasteiger partial charge >= 0.3 is 0 Å². The summed E-state index contributed by atoms with van der Waals surface area (Å²) >= 11 is 0. The standard InChI is InChI=1S/C20H32N2O/c1-12-11-16-20(3,10-8-17(23)22(16)4)14-7-9-19(2)13(18(12)14)5-6-15(19)21/h6,12-14,16,18H,5,7-11,21H2,1-4H3/t12-,13?,14?,16?,18?,19-,20+/m0/s1. The average Bonchev–Trinajstić information content (AvgIpc) is 2.82. The summed E-state index contributed by atoms with van der Waals surface area (Å²) in [5.74, 6) is 3.29. The van der Waals surface area contributed by atoms with Gasteiger partial charge in [-0.25, -0.2) is 0 Å². The Morgan fingerprint density at radius 1 is 1.26 bits per heavy atom. The summed E-state index contributed by atoms with van der Waals surface area (Å²) in [6, 6.07) is 0.441. The number of amides is 1. The zero-order valence-electron chi connectivity index (χ0n) is 15.1. The van der Waals surface area contributed by atoms with E-state index in [-0.39, 0.29) is 5.41 Å². The van der Waals surface area contributed by atoms with E-state index >= 15 is 0 Å². The first-order valence-corrected chi connectivity index (χ1v) is 9.51. The van der Waals surface area contributed by atoms with Crippen LogP contribution in [0, 0.1) is 34.5 Å². The van der Waals surface area contributed by atoms with Gasteiger partial charge in [0.2, 0.25) is 5.91 Å². The predicted octanol–water partition coefficient (Wildman–Crippen LogP) is 3.55. The largest absolute Gasteiger partial charge is 0.402 e. The minimum absolute atomic E-state index is 0.231. The second-order valence-corrected chi connectivity index (χ2v) is 9.38. The molecule has 4 aliphatic rings. The van der Waals surface area contributed by atoms with Crippen molar-refractivity contribution >= 4 is 5.91 Å². The Morgan fingerprint density at radius 2 is 2.00 bits per heavy atom. The van der Waals surface area contributed by atoms with Gasteiger partial charge in [0.25, 0.3) is 0 Å². The van der Waals surface area contributed by atoms with Crippen molar-refractivity contribution < 1.29 is 4.79 Å². The van der Waals surface area contributed by atoms with Gasteiger partial charge in [-0.2, -0.15) is 0 Å². The number of hydrogen-bond acceptors (Lipinski definition) is 2. The summed E-state index contributed by atoms with van der Waals surface area (Å²) in [7, 11) is 2.04. The highest BCUT2D eigenvalue weighted by Crippen LogP contribution is 2.65. The molecule has 0 aromatic heterocycles. The van der Waals surface area contributed by atoms with Gasteiger partial charge in [-0.15, -0.1) is 0 Å². The monoisotopic (exact) mass is 316 g/mol. The number of nitrogens with two attached hydrogens (primary N) is 1. The average molecular weight is 316 g/mol. The van der Waals surface area contributed by atoms with Crippen molar-refractivity contribution in [2.24, 2.45) is 40.2 Å². The number of hydrogen-bond donors (Lipinski definition) is 1. The van der Waals surface area contributed by atoms with Gasteiger partial charge in [-0.1, -0.05) is 26.8 Å². The maximum absolute atomic E-state index is 12.2. The van der Waals surface area contributed by atoms with Crippen LogP contribution in [0.5, 0.6) is 0 Å². The molecule has 0 radical (unpaired) electrons. The van der Waals surface area contributed by atoms with Crippen LogP contribution < -0.4 is 5.73 Å². The van der Waals surface area contributed by atoms with E-state index in [9.17, 15) is 4.79 Å². The van der Waals surface area contributed by atoms with E-state index in [0.29, 0.717) is 23.3 Å². The number of carbonyl (C=O) groups excluding carboxylic acids is 1. The number of piperidine rings is 1. The minimum atomic E-state index is 0.231. The highest BCUT2D eigenvalue weighted by molar-refractivity contribution is 5.77. The number of rotatable bonds is 0. The highest BCUT2D eigenvalue weighted by atomic mass is 16.2. The van der Waals surface area contributed by atoms with E-state index in [2.05, 4.69) is 31.7 Å². The molecule has 0 spiro atoms. The Hall–Kier alpha value is -0.990. The van der Waals surface area contributed by atoms with Gasteiger partial charge in [0.05, 0.1) is 0 Å². The van der Waals surface area contributed by atoms with Crippen LogP contribution in [-0.2, 0) is 4.79 Å². The van der Waals surface area contributed by atoms with Crippen LogP contribution in [0.2, 0.25) is 0 Å². The number of allylic oxidation sites excluding steroid dienone is 2. The van der Waals surface area contributed by atoms with Crippen LogP contribution >= 0.6 is 0 Å². The second-order valence-electron chi connectivity index (χ2n) is 9.38. The molecule has 3 fully saturated rings. The van der Waals surface area contributed by atoms with Crippen molar-refractivity contribution in [3.8, 4) is 0 Å². The fourth-order valence-electron chi connectivity index (χ4n) is 7.07. The van der Waals surface area contributed by atoms with Crippen molar-refractivity contribution in [3.05, 3.63) is 11.8 Å². The van der Waals surface area contributed by atoms with Crippen LogP contribution in [0.1, 0.15) is 59.3 Å². The van der Waals surface area contributed by atoms with Crippen molar-refractivity contribution in [2.45, 2.75) is 65.3 Å². The quantitative estimate of drug-likeness (QED) is 0.743. The Balaban J connectivity index is 1.71. The molecule has 1 amide bonds. The van der Waals surface area contributed by atoms with E-state index in [1.54, 1.807) is 0 Å². The third-order valence-corrected chi connectivity index (χ3v) is 8.57. The van der Waals surface area contributed by atoms with Crippen molar-refractivity contribution in [1.29, 1.82) is 0 Å². The summed E-state index contributed by atoms with van der Waals surface area (Å²) < 4.78 is 0. The maximum Gasteiger partial charge on any atom is 0.222 e. The van der Waals surface area contributed by atoms with Crippen LogP contribution in [-0.4, -0.2) is 23.9 Å². The van der Waals surface area contributed by atoms with Crippen molar-refractivity contribution in [1.82, 2.24) is 4.90 Å². The lowest BCUT2D eigenvalue weighted by Gasteiger charge is -2.63. The molecule has 0 aromatic rings. The lowest BCUT2D eigenvalue weighted by atomic mass is 9.45. The summed E-state index contributed by atoms with van der Waals surface area (Å²) in [5.41, 5.74) is 8.09. The fourth-order valence-corrected chi connectivity index (χ4v) is 7.07. The number of nitrogens with zero attached hydrogens (tertiary/aromatic N) is 1. The molecule has 4 unspecified atom stereocenters. The van der Waals surface area contributed by atoms with Crippen LogP contribution in [0.4, 0.5) is 0 Å². The molecule has 4 rings (SSSR count). The normalized spacial score (nSPS) is 52.5. The topological polar surface area (TPSA) is 46.3 Å². The van der Waals surface area contributed by atoms with Crippen LogP contribution in [0.3, 0.4) is 0 Å². The summed E-state index contributed by atoms with van der Waals surface area (Å²) in [6.45, 7) is 7.33. The maximum atomic E-state index is 12.2. The number of fused-ring (bicyclic) bond motifs is 5. The lowest BCUT2D eigenvalue weighted by molar-refractivity contribution is -0.163. The van der Waals surface area contributed by atoms with E-state index in [0.717, 1.165) is 36.3 Å². The van der Waals surface area contributed by atoms with Crippen LogP contribution in [0.25, 0.3) is 0 Å². The molecule has 0 aromatic carbocycles. The SMILES string of the molecule is C[C@H]1CC2N(C)C(=O)CC[C@]2(C)C2CC[C@]3(C)C(N)=CCC3C21. The summed E-state index contributed by atoms with van der Waals surface area (Å²) in [4.78, 5) is 14.3. The van der Waals surface area contributed by atoms with E-state index < -0.39 is 0 Å². The molecule has 3 heteroatoms. The fraction of sp³-hybridized carbons (Fsp3) is 0.850. The second kappa shape index (κ2) is 4.77. The van der Waals surface area contributed by atoms with Gasteiger partial charge < -0.3 is 10.6 Å².